The number of carbonyl (C=O) groups is 2. The molecule has 17 heavy (non-hydrogen) atoms. The summed E-state index contributed by atoms with van der Waals surface area (Å²) in [5.41, 5.74) is 5.22. The summed E-state index contributed by atoms with van der Waals surface area (Å²) in [5.74, 6) is 0.0505. The normalized spacial score (nSPS) is 12.1. The first-order valence-electron chi connectivity index (χ1n) is 5.29. The lowest BCUT2D eigenvalue weighted by molar-refractivity contribution is -0.140. The number of furan rings is 1. The Kier molecular flexibility index (Phi) is 4.71. The Morgan fingerprint density at radius 2 is 2.24 bits per heavy atom. The van der Waals surface area contributed by atoms with Crippen LogP contribution in [0.25, 0.3) is 0 Å². The van der Waals surface area contributed by atoms with Crippen molar-refractivity contribution in [3.8, 4) is 0 Å². The molecule has 6 heteroatoms. The Morgan fingerprint density at radius 1 is 1.53 bits per heavy atom. The van der Waals surface area contributed by atoms with Crippen LogP contribution in [0, 0.1) is 6.92 Å². The summed E-state index contributed by atoms with van der Waals surface area (Å²) in [7, 11) is 0. The molecular formula is C11H16N2O4. The van der Waals surface area contributed by atoms with Gasteiger partial charge in [-0.2, -0.15) is 0 Å². The average Bonchev–Trinajstić information content (AvgIpc) is 2.64. The number of carboxylic acid groups (broad SMARTS) is 1. The van der Waals surface area contributed by atoms with E-state index in [4.69, 9.17) is 15.3 Å². The lowest BCUT2D eigenvalue weighted by Crippen LogP contribution is -2.37. The molecule has 0 radical (unpaired) electrons. The van der Waals surface area contributed by atoms with Gasteiger partial charge in [-0.05, 0) is 19.1 Å². The van der Waals surface area contributed by atoms with E-state index in [9.17, 15) is 9.59 Å². The molecule has 0 bridgehead atoms. The van der Waals surface area contributed by atoms with Crippen LogP contribution in [0.4, 0.5) is 0 Å². The zero-order valence-electron chi connectivity index (χ0n) is 9.60. The van der Waals surface area contributed by atoms with E-state index in [0.29, 0.717) is 13.0 Å². The van der Waals surface area contributed by atoms with Gasteiger partial charge >= 0.3 is 5.97 Å². The molecule has 1 atom stereocenters. The molecule has 0 aliphatic heterocycles. The van der Waals surface area contributed by atoms with Crippen molar-refractivity contribution in [2.75, 3.05) is 6.54 Å². The maximum atomic E-state index is 11.3. The van der Waals surface area contributed by atoms with Gasteiger partial charge in [-0.25, -0.2) is 0 Å². The van der Waals surface area contributed by atoms with Crippen molar-refractivity contribution in [1.29, 1.82) is 0 Å². The second-order valence-corrected chi connectivity index (χ2v) is 3.76. The Hall–Kier alpha value is -1.82. The average molecular weight is 240 g/mol. The van der Waals surface area contributed by atoms with Crippen LogP contribution in [0.5, 0.6) is 0 Å². The lowest BCUT2D eigenvalue weighted by Gasteiger charge is -2.06. The number of rotatable bonds is 6. The van der Waals surface area contributed by atoms with Crippen LogP contribution in [0.15, 0.2) is 16.5 Å². The summed E-state index contributed by atoms with van der Waals surface area (Å²) in [6.07, 6.45) is 0.356. The summed E-state index contributed by atoms with van der Waals surface area (Å²) in [5, 5.41) is 11.1. The fraction of sp³-hybridized carbons (Fsp3) is 0.455. The largest absolute Gasteiger partial charge is 0.480 e. The van der Waals surface area contributed by atoms with Gasteiger partial charge in [0.1, 0.15) is 17.6 Å². The molecule has 0 aliphatic rings. The monoisotopic (exact) mass is 240 g/mol. The Labute approximate surface area is 98.8 Å². The number of amides is 1. The quantitative estimate of drug-likeness (QED) is 0.651. The minimum absolute atomic E-state index is 0.216. The van der Waals surface area contributed by atoms with E-state index in [2.05, 4.69) is 5.32 Å². The van der Waals surface area contributed by atoms with Gasteiger partial charge < -0.3 is 20.6 Å². The zero-order valence-corrected chi connectivity index (χ0v) is 9.60. The number of carbonyl (C=O) groups excluding carboxylic acids is 1. The van der Waals surface area contributed by atoms with Crippen LogP contribution < -0.4 is 11.1 Å². The van der Waals surface area contributed by atoms with E-state index < -0.39 is 12.0 Å². The van der Waals surface area contributed by atoms with Crippen LogP contribution >= 0.6 is 0 Å². The zero-order chi connectivity index (χ0) is 12.8. The number of aliphatic carboxylic acids is 1. The van der Waals surface area contributed by atoms with Crippen LogP contribution in [-0.2, 0) is 16.0 Å². The van der Waals surface area contributed by atoms with E-state index in [-0.39, 0.29) is 12.3 Å². The second kappa shape index (κ2) is 6.05. The molecule has 0 fully saturated rings. The topological polar surface area (TPSA) is 106 Å². The maximum absolute atomic E-state index is 11.3. The van der Waals surface area contributed by atoms with E-state index in [0.717, 1.165) is 11.5 Å². The minimum Gasteiger partial charge on any atom is -0.480 e. The number of carboxylic acids is 1. The molecule has 0 aromatic carbocycles. The first-order valence-corrected chi connectivity index (χ1v) is 5.29. The molecule has 4 N–H and O–H groups in total. The Balaban J connectivity index is 2.22. The molecular weight excluding hydrogens is 224 g/mol. The molecule has 0 spiro atoms. The molecule has 1 unspecified atom stereocenters. The van der Waals surface area contributed by atoms with Crippen molar-refractivity contribution in [2.45, 2.75) is 25.8 Å². The third kappa shape index (κ3) is 4.69. The highest BCUT2D eigenvalue weighted by molar-refractivity contribution is 5.84. The van der Waals surface area contributed by atoms with E-state index in [1.807, 2.05) is 19.1 Å². The summed E-state index contributed by atoms with van der Waals surface area (Å²) in [4.78, 5) is 21.7. The van der Waals surface area contributed by atoms with Crippen molar-refractivity contribution in [3.05, 3.63) is 23.7 Å². The highest BCUT2D eigenvalue weighted by atomic mass is 16.4. The molecule has 0 saturated heterocycles. The van der Waals surface area contributed by atoms with Crippen LogP contribution in [0.2, 0.25) is 0 Å². The van der Waals surface area contributed by atoms with Crippen molar-refractivity contribution >= 4 is 11.9 Å². The van der Waals surface area contributed by atoms with Gasteiger partial charge in [0, 0.05) is 13.0 Å². The SMILES string of the molecule is Cc1ccc(CCNC(=O)CC(N)C(=O)O)o1. The number of nitrogens with two attached hydrogens (primary N) is 1. The summed E-state index contributed by atoms with van der Waals surface area (Å²) in [6, 6.07) is 2.53. The van der Waals surface area contributed by atoms with Gasteiger partial charge in [0.25, 0.3) is 0 Å². The van der Waals surface area contributed by atoms with Gasteiger partial charge in [-0.3, -0.25) is 9.59 Å². The molecule has 1 aromatic rings. The predicted octanol–water partition coefficient (Wildman–Crippen LogP) is 0.0487. The third-order valence-electron chi connectivity index (χ3n) is 2.21. The van der Waals surface area contributed by atoms with Gasteiger partial charge in [0.15, 0.2) is 0 Å². The molecule has 1 aromatic heterocycles. The molecule has 1 heterocycles. The van der Waals surface area contributed by atoms with Crippen LogP contribution in [0.1, 0.15) is 17.9 Å². The number of hydrogen-bond donors (Lipinski definition) is 3. The van der Waals surface area contributed by atoms with Crippen LogP contribution in [0.3, 0.4) is 0 Å². The van der Waals surface area contributed by atoms with Crippen molar-refractivity contribution < 1.29 is 19.1 Å². The molecule has 0 saturated carbocycles. The highest BCUT2D eigenvalue weighted by Gasteiger charge is 2.15. The van der Waals surface area contributed by atoms with Gasteiger partial charge in [-0.15, -0.1) is 0 Å². The predicted molar refractivity (Wildman–Crippen MR) is 60.4 cm³/mol. The summed E-state index contributed by atoms with van der Waals surface area (Å²) >= 11 is 0. The lowest BCUT2D eigenvalue weighted by atomic mass is 10.2. The fourth-order valence-corrected chi connectivity index (χ4v) is 1.30. The van der Waals surface area contributed by atoms with E-state index in [1.165, 1.54) is 0 Å². The smallest absolute Gasteiger partial charge is 0.321 e. The Bertz CT molecular complexity index is 400. The van der Waals surface area contributed by atoms with Crippen LogP contribution in [-0.4, -0.2) is 29.6 Å². The van der Waals surface area contributed by atoms with Gasteiger partial charge in [0.2, 0.25) is 5.91 Å². The summed E-state index contributed by atoms with van der Waals surface area (Å²) < 4.78 is 5.31. The number of aryl methyl sites for hydroxylation is 1. The highest BCUT2D eigenvalue weighted by Crippen LogP contribution is 2.05. The minimum atomic E-state index is -1.18. The van der Waals surface area contributed by atoms with E-state index >= 15 is 0 Å². The van der Waals surface area contributed by atoms with Crippen molar-refractivity contribution in [2.24, 2.45) is 5.73 Å². The molecule has 1 rings (SSSR count). The first-order chi connectivity index (χ1) is 7.99. The molecule has 0 aliphatic carbocycles. The van der Waals surface area contributed by atoms with E-state index in [1.54, 1.807) is 0 Å². The number of hydrogen-bond acceptors (Lipinski definition) is 4. The molecule has 1 amide bonds. The molecule has 94 valence electrons. The Morgan fingerprint density at radius 3 is 2.76 bits per heavy atom. The standard InChI is InChI=1S/C11H16N2O4/c1-7-2-3-8(17-7)4-5-13-10(14)6-9(12)11(15)16/h2-3,9H,4-6,12H2,1H3,(H,13,14)(H,15,16). The first kappa shape index (κ1) is 13.2. The van der Waals surface area contributed by atoms with Gasteiger partial charge in [-0.1, -0.05) is 0 Å². The molecule has 6 nitrogen and oxygen atoms in total. The van der Waals surface area contributed by atoms with Crippen molar-refractivity contribution in [1.82, 2.24) is 5.32 Å². The fourth-order valence-electron chi connectivity index (χ4n) is 1.30. The maximum Gasteiger partial charge on any atom is 0.321 e. The second-order valence-electron chi connectivity index (χ2n) is 3.76. The number of nitrogens with one attached hydrogen (secondary N) is 1. The third-order valence-corrected chi connectivity index (χ3v) is 2.21. The van der Waals surface area contributed by atoms with Crippen molar-refractivity contribution in [3.63, 3.8) is 0 Å². The van der Waals surface area contributed by atoms with Gasteiger partial charge in [0.05, 0.1) is 6.42 Å². The summed E-state index contributed by atoms with van der Waals surface area (Å²) in [6.45, 7) is 2.24.